The molecular weight excluding hydrogens is 236 g/mol. The van der Waals surface area contributed by atoms with Crippen molar-refractivity contribution in [3.05, 3.63) is 0 Å². The van der Waals surface area contributed by atoms with Crippen molar-refractivity contribution in [2.45, 2.75) is 33.3 Å². The van der Waals surface area contributed by atoms with Gasteiger partial charge in [0.15, 0.2) is 0 Å². The van der Waals surface area contributed by atoms with E-state index in [1.807, 2.05) is 20.8 Å². The van der Waals surface area contributed by atoms with Crippen molar-refractivity contribution in [1.82, 2.24) is 10.6 Å². The molecule has 106 valence electrons. The van der Waals surface area contributed by atoms with Gasteiger partial charge >= 0.3 is 12.1 Å². The average molecular weight is 260 g/mol. The van der Waals surface area contributed by atoms with Crippen molar-refractivity contribution in [2.75, 3.05) is 26.7 Å². The zero-order chi connectivity index (χ0) is 14.2. The fourth-order valence-corrected chi connectivity index (χ4v) is 1.17. The Morgan fingerprint density at radius 1 is 1.22 bits per heavy atom. The van der Waals surface area contributed by atoms with Gasteiger partial charge in [0.1, 0.15) is 5.60 Å². The van der Waals surface area contributed by atoms with Crippen LogP contribution in [-0.2, 0) is 14.3 Å². The monoisotopic (exact) mass is 260 g/mol. The SMILES string of the molecule is COC(=O)[C@@H](C)CNCCNC(=O)OC(C)(C)C. The Balaban J connectivity index is 3.57. The van der Waals surface area contributed by atoms with E-state index in [-0.39, 0.29) is 11.9 Å². The molecule has 0 aliphatic rings. The molecule has 0 aliphatic heterocycles. The Hall–Kier alpha value is -1.30. The highest BCUT2D eigenvalue weighted by Gasteiger charge is 2.15. The van der Waals surface area contributed by atoms with Crippen molar-refractivity contribution in [3.63, 3.8) is 0 Å². The minimum Gasteiger partial charge on any atom is -0.469 e. The van der Waals surface area contributed by atoms with Crippen LogP contribution >= 0.6 is 0 Å². The summed E-state index contributed by atoms with van der Waals surface area (Å²) in [5.74, 6) is -0.445. The summed E-state index contributed by atoms with van der Waals surface area (Å²) in [6, 6.07) is 0. The average Bonchev–Trinajstić information content (AvgIpc) is 2.24. The number of rotatable bonds is 6. The van der Waals surface area contributed by atoms with Crippen molar-refractivity contribution in [3.8, 4) is 0 Å². The lowest BCUT2D eigenvalue weighted by atomic mass is 10.2. The van der Waals surface area contributed by atoms with Gasteiger partial charge < -0.3 is 20.1 Å². The third-order valence-electron chi connectivity index (χ3n) is 2.02. The summed E-state index contributed by atoms with van der Waals surface area (Å²) < 4.78 is 9.66. The zero-order valence-electron chi connectivity index (χ0n) is 11.8. The van der Waals surface area contributed by atoms with Crippen molar-refractivity contribution in [2.24, 2.45) is 5.92 Å². The maximum Gasteiger partial charge on any atom is 0.407 e. The first-order chi connectivity index (χ1) is 8.26. The van der Waals surface area contributed by atoms with Gasteiger partial charge in [-0.3, -0.25) is 4.79 Å². The Morgan fingerprint density at radius 2 is 1.83 bits per heavy atom. The van der Waals surface area contributed by atoms with E-state index in [0.29, 0.717) is 19.6 Å². The molecule has 0 aromatic carbocycles. The van der Waals surface area contributed by atoms with Crippen LogP contribution in [0.3, 0.4) is 0 Å². The molecular formula is C12H24N2O4. The molecule has 0 saturated heterocycles. The Labute approximate surface area is 108 Å². The number of carbonyl (C=O) groups excluding carboxylic acids is 2. The molecule has 0 aliphatic carbocycles. The first-order valence-corrected chi connectivity index (χ1v) is 6.01. The number of hydrogen-bond donors (Lipinski definition) is 2. The fourth-order valence-electron chi connectivity index (χ4n) is 1.17. The largest absolute Gasteiger partial charge is 0.469 e. The molecule has 0 saturated carbocycles. The summed E-state index contributed by atoms with van der Waals surface area (Å²) in [4.78, 5) is 22.4. The summed E-state index contributed by atoms with van der Waals surface area (Å²) in [5, 5.41) is 5.66. The molecule has 1 amide bonds. The van der Waals surface area contributed by atoms with Crippen LogP contribution in [0.2, 0.25) is 0 Å². The first-order valence-electron chi connectivity index (χ1n) is 6.01. The minimum absolute atomic E-state index is 0.198. The third-order valence-corrected chi connectivity index (χ3v) is 2.02. The molecule has 0 unspecified atom stereocenters. The minimum atomic E-state index is -0.489. The van der Waals surface area contributed by atoms with Gasteiger partial charge in [-0.05, 0) is 20.8 Å². The van der Waals surface area contributed by atoms with E-state index in [2.05, 4.69) is 15.4 Å². The molecule has 2 N–H and O–H groups in total. The number of ether oxygens (including phenoxy) is 2. The van der Waals surface area contributed by atoms with E-state index < -0.39 is 11.7 Å². The van der Waals surface area contributed by atoms with E-state index in [1.165, 1.54) is 7.11 Å². The molecule has 0 fully saturated rings. The van der Waals surface area contributed by atoms with Gasteiger partial charge in [0, 0.05) is 19.6 Å². The standard InChI is InChI=1S/C12H24N2O4/c1-9(10(15)17-5)8-13-6-7-14-11(16)18-12(2,3)4/h9,13H,6-8H2,1-5H3,(H,14,16)/t9-/m0/s1. The first kappa shape index (κ1) is 16.7. The number of hydrogen-bond acceptors (Lipinski definition) is 5. The number of carbonyl (C=O) groups is 2. The van der Waals surface area contributed by atoms with E-state index in [1.54, 1.807) is 6.92 Å². The summed E-state index contributed by atoms with van der Waals surface area (Å²) in [5.41, 5.74) is -0.489. The molecule has 1 atom stereocenters. The van der Waals surface area contributed by atoms with Gasteiger partial charge in [-0.1, -0.05) is 6.92 Å². The van der Waals surface area contributed by atoms with Gasteiger partial charge in [0.05, 0.1) is 13.0 Å². The maximum absolute atomic E-state index is 11.3. The Morgan fingerprint density at radius 3 is 2.33 bits per heavy atom. The number of methoxy groups -OCH3 is 1. The lowest BCUT2D eigenvalue weighted by Crippen LogP contribution is -2.37. The van der Waals surface area contributed by atoms with Crippen LogP contribution in [-0.4, -0.2) is 44.4 Å². The molecule has 6 heteroatoms. The number of nitrogens with one attached hydrogen (secondary N) is 2. The van der Waals surface area contributed by atoms with E-state index in [0.717, 1.165) is 0 Å². The highest BCUT2D eigenvalue weighted by molar-refractivity contribution is 5.72. The predicted molar refractivity (Wildman–Crippen MR) is 68.3 cm³/mol. The van der Waals surface area contributed by atoms with Crippen LogP contribution in [0.4, 0.5) is 4.79 Å². The van der Waals surface area contributed by atoms with Crippen LogP contribution in [0, 0.1) is 5.92 Å². The van der Waals surface area contributed by atoms with Crippen molar-refractivity contribution < 1.29 is 19.1 Å². The molecule has 0 rings (SSSR count). The highest BCUT2D eigenvalue weighted by atomic mass is 16.6. The van der Waals surface area contributed by atoms with E-state index >= 15 is 0 Å². The highest BCUT2D eigenvalue weighted by Crippen LogP contribution is 2.05. The molecule has 18 heavy (non-hydrogen) atoms. The number of amides is 1. The van der Waals surface area contributed by atoms with Gasteiger partial charge in [-0.15, -0.1) is 0 Å². The van der Waals surface area contributed by atoms with Gasteiger partial charge in [0.2, 0.25) is 0 Å². The van der Waals surface area contributed by atoms with Gasteiger partial charge in [-0.2, -0.15) is 0 Å². The summed E-state index contributed by atoms with van der Waals surface area (Å²) >= 11 is 0. The summed E-state index contributed by atoms with van der Waals surface area (Å²) in [7, 11) is 1.36. The maximum atomic E-state index is 11.3. The van der Waals surface area contributed by atoms with Crippen molar-refractivity contribution >= 4 is 12.1 Å². The summed E-state index contributed by atoms with van der Waals surface area (Å²) in [6.07, 6.45) is -0.440. The second kappa shape index (κ2) is 7.92. The fraction of sp³-hybridized carbons (Fsp3) is 0.833. The molecule has 0 aromatic rings. The van der Waals surface area contributed by atoms with E-state index in [4.69, 9.17) is 4.74 Å². The third kappa shape index (κ3) is 8.81. The second-order valence-corrected chi connectivity index (χ2v) is 5.06. The van der Waals surface area contributed by atoms with Crippen LogP contribution in [0.15, 0.2) is 0 Å². The normalized spacial score (nSPS) is 12.7. The topological polar surface area (TPSA) is 76.7 Å². The Kier molecular flexibility index (Phi) is 7.35. The van der Waals surface area contributed by atoms with Crippen LogP contribution in [0.5, 0.6) is 0 Å². The lowest BCUT2D eigenvalue weighted by Gasteiger charge is -2.19. The lowest BCUT2D eigenvalue weighted by molar-refractivity contribution is -0.144. The molecule has 6 nitrogen and oxygen atoms in total. The number of alkyl carbamates (subject to hydrolysis) is 1. The van der Waals surface area contributed by atoms with Crippen molar-refractivity contribution in [1.29, 1.82) is 0 Å². The summed E-state index contributed by atoms with van der Waals surface area (Å²) in [6.45, 7) is 8.74. The quantitative estimate of drug-likeness (QED) is 0.548. The van der Waals surface area contributed by atoms with Crippen LogP contribution < -0.4 is 10.6 Å². The molecule has 0 aromatic heterocycles. The van der Waals surface area contributed by atoms with Crippen LogP contribution in [0.25, 0.3) is 0 Å². The molecule has 0 spiro atoms. The van der Waals surface area contributed by atoms with E-state index in [9.17, 15) is 9.59 Å². The molecule has 0 radical (unpaired) electrons. The molecule has 0 bridgehead atoms. The van der Waals surface area contributed by atoms with Crippen LogP contribution in [0.1, 0.15) is 27.7 Å². The predicted octanol–water partition coefficient (Wildman–Crippen LogP) is 0.910. The smallest absolute Gasteiger partial charge is 0.407 e. The molecule has 0 heterocycles. The second-order valence-electron chi connectivity index (χ2n) is 5.06. The Bertz CT molecular complexity index is 274. The van der Waals surface area contributed by atoms with Gasteiger partial charge in [-0.25, -0.2) is 4.79 Å². The van der Waals surface area contributed by atoms with Gasteiger partial charge in [0.25, 0.3) is 0 Å². The zero-order valence-corrected chi connectivity index (χ0v) is 11.8. The number of esters is 1.